The first-order valence-corrected chi connectivity index (χ1v) is 9.81. The van der Waals surface area contributed by atoms with Gasteiger partial charge in [0, 0.05) is 23.7 Å². The number of nitrogens with one attached hydrogen (secondary N) is 3. The van der Waals surface area contributed by atoms with Crippen LogP contribution in [-0.4, -0.2) is 24.4 Å². The van der Waals surface area contributed by atoms with Gasteiger partial charge in [-0.05, 0) is 42.9 Å². The molecule has 0 aliphatic carbocycles. The third-order valence-corrected chi connectivity index (χ3v) is 5.18. The lowest BCUT2D eigenvalue weighted by Gasteiger charge is -2.10. The van der Waals surface area contributed by atoms with Crippen LogP contribution in [0.3, 0.4) is 0 Å². The summed E-state index contributed by atoms with van der Waals surface area (Å²) in [5, 5.41) is 7.53. The average Bonchev–Trinajstić information content (AvgIpc) is 3.00. The van der Waals surface area contributed by atoms with E-state index in [0.717, 1.165) is 6.42 Å². The van der Waals surface area contributed by atoms with Crippen LogP contribution in [0.2, 0.25) is 0 Å². The van der Waals surface area contributed by atoms with Gasteiger partial charge in [0.05, 0.1) is 4.90 Å². The van der Waals surface area contributed by atoms with E-state index in [-0.39, 0.29) is 15.9 Å². The number of rotatable bonds is 6. The number of amides is 1. The highest BCUT2D eigenvalue weighted by Gasteiger charge is 2.15. The Labute approximate surface area is 149 Å². The maximum Gasteiger partial charge on any atom is 0.263 e. The highest BCUT2D eigenvalue weighted by molar-refractivity contribution is 7.93. The van der Waals surface area contributed by atoms with Gasteiger partial charge >= 0.3 is 0 Å². The molecule has 7 nitrogen and oxygen atoms in total. The van der Waals surface area contributed by atoms with Crippen LogP contribution in [0.5, 0.6) is 0 Å². The van der Waals surface area contributed by atoms with Crippen LogP contribution in [-0.2, 0) is 14.8 Å². The van der Waals surface area contributed by atoms with Crippen molar-refractivity contribution in [2.24, 2.45) is 0 Å². The normalized spacial score (nSPS) is 10.9. The molecule has 0 atom stereocenters. The van der Waals surface area contributed by atoms with Crippen molar-refractivity contribution in [3.63, 3.8) is 0 Å². The van der Waals surface area contributed by atoms with Crippen molar-refractivity contribution in [2.45, 2.75) is 24.7 Å². The van der Waals surface area contributed by atoms with E-state index in [0.29, 0.717) is 17.2 Å². The number of anilines is 2. The van der Waals surface area contributed by atoms with Gasteiger partial charge in [0.1, 0.15) is 0 Å². The van der Waals surface area contributed by atoms with E-state index < -0.39 is 10.0 Å². The SMILES string of the molecule is CCCC(=O)NC(=S)Nc1ccc(S(=O)(=O)Nc2nccs2)cc1. The molecule has 1 aromatic carbocycles. The lowest BCUT2D eigenvalue weighted by Crippen LogP contribution is -2.33. The third-order valence-electron chi connectivity index (χ3n) is 2.81. The number of nitrogens with zero attached hydrogens (tertiary/aromatic N) is 1. The van der Waals surface area contributed by atoms with E-state index in [1.807, 2.05) is 6.92 Å². The second-order valence-corrected chi connectivity index (χ2v) is 7.70. The number of carbonyl (C=O) groups excluding carboxylic acids is 1. The molecule has 1 amide bonds. The second kappa shape index (κ2) is 8.18. The lowest BCUT2D eigenvalue weighted by atomic mass is 10.3. The molecule has 1 heterocycles. The summed E-state index contributed by atoms with van der Waals surface area (Å²) in [7, 11) is -3.69. The summed E-state index contributed by atoms with van der Waals surface area (Å²) >= 11 is 6.22. The van der Waals surface area contributed by atoms with E-state index in [4.69, 9.17) is 12.2 Å². The van der Waals surface area contributed by atoms with E-state index >= 15 is 0 Å². The summed E-state index contributed by atoms with van der Waals surface area (Å²) in [5.74, 6) is -0.165. The molecule has 0 saturated carbocycles. The summed E-state index contributed by atoms with van der Waals surface area (Å²) < 4.78 is 26.8. The van der Waals surface area contributed by atoms with Gasteiger partial charge in [0.15, 0.2) is 10.2 Å². The minimum atomic E-state index is -3.69. The van der Waals surface area contributed by atoms with Gasteiger partial charge < -0.3 is 10.6 Å². The minimum Gasteiger partial charge on any atom is -0.332 e. The molecule has 0 fully saturated rings. The van der Waals surface area contributed by atoms with Crippen molar-refractivity contribution in [1.29, 1.82) is 0 Å². The second-order valence-electron chi connectivity index (χ2n) is 4.72. The molecule has 0 aliphatic heterocycles. The third kappa shape index (κ3) is 5.25. The fourth-order valence-corrected chi connectivity index (χ4v) is 3.76. The minimum absolute atomic E-state index is 0.101. The Morgan fingerprint density at radius 3 is 2.58 bits per heavy atom. The molecular formula is C14H16N4O3S3. The van der Waals surface area contributed by atoms with Crippen LogP contribution >= 0.6 is 23.6 Å². The van der Waals surface area contributed by atoms with Crippen molar-refractivity contribution in [1.82, 2.24) is 10.3 Å². The summed E-state index contributed by atoms with van der Waals surface area (Å²) in [5.41, 5.74) is 0.574. The number of hydrogen-bond donors (Lipinski definition) is 3. The molecule has 10 heteroatoms. The predicted molar refractivity (Wildman–Crippen MR) is 98.6 cm³/mol. The van der Waals surface area contributed by atoms with Gasteiger partial charge in [-0.15, -0.1) is 11.3 Å². The fourth-order valence-electron chi connectivity index (χ4n) is 1.74. The van der Waals surface area contributed by atoms with Gasteiger partial charge in [-0.2, -0.15) is 0 Å². The van der Waals surface area contributed by atoms with E-state index in [1.54, 1.807) is 17.5 Å². The van der Waals surface area contributed by atoms with E-state index in [9.17, 15) is 13.2 Å². The highest BCUT2D eigenvalue weighted by atomic mass is 32.2. The quantitative estimate of drug-likeness (QED) is 0.662. The number of thiazole rings is 1. The van der Waals surface area contributed by atoms with Crippen molar-refractivity contribution < 1.29 is 13.2 Å². The van der Waals surface area contributed by atoms with Gasteiger partial charge in [0.2, 0.25) is 5.91 Å². The smallest absolute Gasteiger partial charge is 0.263 e. The van der Waals surface area contributed by atoms with Crippen molar-refractivity contribution in [3.05, 3.63) is 35.8 Å². The summed E-state index contributed by atoms with van der Waals surface area (Å²) in [6, 6.07) is 6.01. The number of carbonyl (C=O) groups is 1. The van der Waals surface area contributed by atoms with Crippen LogP contribution in [0, 0.1) is 0 Å². The monoisotopic (exact) mass is 384 g/mol. The molecule has 2 rings (SSSR count). The number of aromatic nitrogens is 1. The fraction of sp³-hybridized carbons (Fsp3) is 0.214. The zero-order valence-corrected chi connectivity index (χ0v) is 15.2. The van der Waals surface area contributed by atoms with Crippen LogP contribution in [0.1, 0.15) is 19.8 Å². The number of thiocarbonyl (C=S) groups is 1. The summed E-state index contributed by atoms with van der Waals surface area (Å²) in [6.45, 7) is 1.90. The molecule has 0 radical (unpaired) electrons. The molecule has 128 valence electrons. The van der Waals surface area contributed by atoms with E-state index in [1.165, 1.54) is 29.7 Å². The molecule has 0 unspecified atom stereocenters. The first kappa shape index (κ1) is 18.3. The maximum atomic E-state index is 12.2. The van der Waals surface area contributed by atoms with Crippen molar-refractivity contribution >= 4 is 55.4 Å². The van der Waals surface area contributed by atoms with Gasteiger partial charge in [-0.3, -0.25) is 9.52 Å². The molecule has 0 bridgehead atoms. The van der Waals surface area contributed by atoms with Gasteiger partial charge in [-0.25, -0.2) is 13.4 Å². The van der Waals surface area contributed by atoms with Crippen LogP contribution in [0.4, 0.5) is 10.8 Å². The zero-order chi connectivity index (χ0) is 17.6. The summed E-state index contributed by atoms with van der Waals surface area (Å²) in [4.78, 5) is 15.4. The Kier molecular flexibility index (Phi) is 6.23. The van der Waals surface area contributed by atoms with Crippen LogP contribution in [0.25, 0.3) is 0 Å². The Hall–Kier alpha value is -2.04. The summed E-state index contributed by atoms with van der Waals surface area (Å²) in [6.07, 6.45) is 2.64. The van der Waals surface area contributed by atoms with Gasteiger partial charge in [-0.1, -0.05) is 6.92 Å². The molecule has 0 aliphatic rings. The number of sulfonamides is 1. The zero-order valence-electron chi connectivity index (χ0n) is 12.8. The Balaban J connectivity index is 2.00. The molecule has 0 spiro atoms. The van der Waals surface area contributed by atoms with Gasteiger partial charge in [0.25, 0.3) is 10.0 Å². The lowest BCUT2D eigenvalue weighted by molar-refractivity contribution is -0.119. The highest BCUT2D eigenvalue weighted by Crippen LogP contribution is 2.19. The first-order valence-electron chi connectivity index (χ1n) is 7.04. The standard InChI is InChI=1S/C14H16N4O3S3/c1-2-3-12(19)17-13(22)16-10-4-6-11(7-5-10)24(20,21)18-14-15-8-9-23-14/h4-9H,2-3H2,1H3,(H,15,18)(H2,16,17,19,22). The molecule has 0 saturated heterocycles. The molecular weight excluding hydrogens is 368 g/mol. The molecule has 2 aromatic rings. The van der Waals surface area contributed by atoms with E-state index in [2.05, 4.69) is 20.3 Å². The number of benzene rings is 1. The Morgan fingerprint density at radius 1 is 1.29 bits per heavy atom. The molecule has 3 N–H and O–H groups in total. The van der Waals surface area contributed by atoms with Crippen LogP contribution in [0.15, 0.2) is 40.7 Å². The average molecular weight is 385 g/mol. The largest absolute Gasteiger partial charge is 0.332 e. The topological polar surface area (TPSA) is 100 Å². The Bertz CT molecular complexity index is 802. The van der Waals surface area contributed by atoms with Crippen molar-refractivity contribution in [2.75, 3.05) is 10.0 Å². The molecule has 1 aromatic heterocycles. The van der Waals surface area contributed by atoms with Crippen molar-refractivity contribution in [3.8, 4) is 0 Å². The number of hydrogen-bond acceptors (Lipinski definition) is 6. The Morgan fingerprint density at radius 2 is 2.00 bits per heavy atom. The van der Waals surface area contributed by atoms with Crippen LogP contribution < -0.4 is 15.4 Å². The predicted octanol–water partition coefficient (Wildman–Crippen LogP) is 2.56. The molecule has 24 heavy (non-hydrogen) atoms. The maximum absolute atomic E-state index is 12.2. The first-order chi connectivity index (χ1) is 11.4.